The number of carbonyl (C=O) groups excluding carboxylic acids is 1. The Labute approximate surface area is 206 Å². The number of hydrogen-bond acceptors (Lipinski definition) is 6. The van der Waals surface area contributed by atoms with Crippen LogP contribution >= 0.6 is 0 Å². The number of nitrogens with zero attached hydrogens (tertiary/aromatic N) is 3. The topological polar surface area (TPSA) is 80.9 Å². The van der Waals surface area contributed by atoms with E-state index in [1.54, 1.807) is 11.8 Å². The van der Waals surface area contributed by atoms with E-state index < -0.39 is 0 Å². The van der Waals surface area contributed by atoms with Gasteiger partial charge < -0.3 is 20.1 Å². The van der Waals surface area contributed by atoms with Crippen LogP contribution in [-0.4, -0.2) is 49.6 Å². The minimum atomic E-state index is -0.110. The van der Waals surface area contributed by atoms with E-state index in [-0.39, 0.29) is 12.5 Å². The zero-order valence-corrected chi connectivity index (χ0v) is 20.1. The molecule has 6 rings (SSSR count). The first-order chi connectivity index (χ1) is 17.1. The predicted octanol–water partition coefficient (Wildman–Crippen LogP) is 3.68. The molecule has 1 fully saturated rings. The van der Waals surface area contributed by atoms with Crippen molar-refractivity contribution in [2.24, 2.45) is 5.73 Å². The van der Waals surface area contributed by atoms with Gasteiger partial charge >= 0.3 is 0 Å². The first-order valence-electron chi connectivity index (χ1n) is 12.1. The van der Waals surface area contributed by atoms with E-state index in [0.717, 1.165) is 37.5 Å². The van der Waals surface area contributed by atoms with Crippen LogP contribution in [0.3, 0.4) is 0 Å². The molecule has 4 heterocycles. The summed E-state index contributed by atoms with van der Waals surface area (Å²) in [6.45, 7) is 4.96. The number of piperidine rings is 1. The Morgan fingerprint density at radius 3 is 2.60 bits per heavy atom. The van der Waals surface area contributed by atoms with Crippen molar-refractivity contribution < 1.29 is 14.3 Å². The van der Waals surface area contributed by atoms with Crippen molar-refractivity contribution in [2.45, 2.75) is 30.9 Å². The fourth-order valence-electron chi connectivity index (χ4n) is 5.61. The van der Waals surface area contributed by atoms with Gasteiger partial charge in [-0.05, 0) is 60.8 Å². The molecule has 35 heavy (non-hydrogen) atoms. The van der Waals surface area contributed by atoms with E-state index in [9.17, 15) is 0 Å². The number of ether oxygens (including phenoxy) is 2. The maximum atomic E-state index is 8.58. The van der Waals surface area contributed by atoms with Crippen LogP contribution in [0.4, 0.5) is 5.69 Å². The quantitative estimate of drug-likeness (QED) is 0.586. The smallest absolute Gasteiger partial charge is 0.257 e. The molecule has 1 saturated heterocycles. The maximum absolute atomic E-state index is 8.58. The van der Waals surface area contributed by atoms with Gasteiger partial charge in [0.2, 0.25) is 6.41 Å². The second-order valence-electron chi connectivity index (χ2n) is 9.53. The molecule has 7 nitrogen and oxygen atoms in total. The molecule has 0 aliphatic carbocycles. The maximum Gasteiger partial charge on any atom is 0.257 e. The van der Waals surface area contributed by atoms with E-state index in [2.05, 4.69) is 76.1 Å². The van der Waals surface area contributed by atoms with Crippen LogP contribution in [0.1, 0.15) is 35.6 Å². The van der Waals surface area contributed by atoms with Crippen LogP contribution in [0.15, 0.2) is 66.9 Å². The SMILES string of the molecule is CN1CC2(CCN(Cc3ccc(C4COc5cccnc5O4)cc3)CC2)c2ccccc21.NC=O. The molecule has 7 heteroatoms. The van der Waals surface area contributed by atoms with Crippen molar-refractivity contribution in [3.63, 3.8) is 0 Å². The van der Waals surface area contributed by atoms with E-state index in [4.69, 9.17) is 14.3 Å². The molecule has 3 aliphatic heterocycles. The summed E-state index contributed by atoms with van der Waals surface area (Å²) in [5.74, 6) is 1.30. The zero-order chi connectivity index (χ0) is 24.3. The largest absolute Gasteiger partial charge is 0.484 e. The third kappa shape index (κ3) is 4.68. The number of para-hydroxylation sites is 1. The summed E-state index contributed by atoms with van der Waals surface area (Å²) in [5, 5.41) is 0. The van der Waals surface area contributed by atoms with Crippen molar-refractivity contribution in [1.82, 2.24) is 9.88 Å². The van der Waals surface area contributed by atoms with Gasteiger partial charge in [0.05, 0.1) is 0 Å². The lowest BCUT2D eigenvalue weighted by Gasteiger charge is -2.40. The highest BCUT2D eigenvalue weighted by Gasteiger charge is 2.43. The summed E-state index contributed by atoms with van der Waals surface area (Å²) in [6.07, 6.45) is 4.33. The van der Waals surface area contributed by atoms with Crippen molar-refractivity contribution >= 4 is 12.1 Å². The average molecular weight is 473 g/mol. The predicted molar refractivity (Wildman–Crippen MR) is 136 cm³/mol. The number of anilines is 1. The number of carbonyl (C=O) groups is 1. The number of likely N-dealkylation sites (tertiary alicyclic amines) is 1. The van der Waals surface area contributed by atoms with Gasteiger partial charge in [0.15, 0.2) is 11.9 Å². The number of primary amides is 1. The molecule has 3 aliphatic rings. The molecular formula is C28H32N4O3. The van der Waals surface area contributed by atoms with E-state index in [1.165, 1.54) is 24.1 Å². The number of likely N-dealkylation sites (N-methyl/N-ethyl adjacent to an activating group) is 1. The monoisotopic (exact) mass is 472 g/mol. The van der Waals surface area contributed by atoms with Crippen LogP contribution in [0.2, 0.25) is 0 Å². The van der Waals surface area contributed by atoms with Crippen LogP contribution < -0.4 is 20.1 Å². The molecule has 0 saturated carbocycles. The average Bonchev–Trinajstić information content (AvgIpc) is 3.17. The number of benzene rings is 2. The highest BCUT2D eigenvalue weighted by Crippen LogP contribution is 2.46. The second kappa shape index (κ2) is 9.96. The summed E-state index contributed by atoms with van der Waals surface area (Å²) in [7, 11) is 2.23. The lowest BCUT2D eigenvalue weighted by atomic mass is 9.74. The van der Waals surface area contributed by atoms with Crippen molar-refractivity contribution in [1.29, 1.82) is 0 Å². The zero-order valence-electron chi connectivity index (χ0n) is 20.1. The number of hydrogen-bond donors (Lipinski definition) is 1. The normalized spacial score (nSPS) is 20.0. The number of aromatic nitrogens is 1. The summed E-state index contributed by atoms with van der Waals surface area (Å²) in [6, 6.07) is 21.5. The first kappa shape index (κ1) is 23.2. The number of fused-ring (bicyclic) bond motifs is 3. The third-order valence-electron chi connectivity index (χ3n) is 7.38. The fourth-order valence-corrected chi connectivity index (χ4v) is 5.61. The van der Waals surface area contributed by atoms with Gasteiger partial charge in [-0.15, -0.1) is 0 Å². The summed E-state index contributed by atoms with van der Waals surface area (Å²) >= 11 is 0. The molecule has 1 spiro atoms. The molecule has 2 aromatic carbocycles. The lowest BCUT2D eigenvalue weighted by molar-refractivity contribution is -0.106. The standard InChI is InChI=1S/C27H29N3O2.CH3NO/c1-29-19-27(22-5-2-3-6-23(22)29)12-15-30(16-13-27)17-20-8-10-21(11-9-20)25-18-31-24-7-4-14-28-26(24)32-25;2-1-3/h2-11,14,25H,12-13,15-19H2,1H3;1H,(H2,2,3). The summed E-state index contributed by atoms with van der Waals surface area (Å²) < 4.78 is 11.9. The molecule has 1 unspecified atom stereocenters. The van der Waals surface area contributed by atoms with Gasteiger partial charge in [-0.2, -0.15) is 0 Å². The van der Waals surface area contributed by atoms with Crippen LogP contribution in [0.5, 0.6) is 11.6 Å². The summed E-state index contributed by atoms with van der Waals surface area (Å²) in [5.41, 5.74) is 9.95. The van der Waals surface area contributed by atoms with Crippen molar-refractivity contribution in [3.8, 4) is 11.6 Å². The molecule has 0 radical (unpaired) electrons. The van der Waals surface area contributed by atoms with Gasteiger partial charge in [0.1, 0.15) is 6.61 Å². The van der Waals surface area contributed by atoms with Crippen LogP contribution in [0.25, 0.3) is 0 Å². The Bertz CT molecular complexity index is 1160. The molecule has 2 N–H and O–H groups in total. The Kier molecular flexibility index (Phi) is 6.59. The molecule has 182 valence electrons. The Morgan fingerprint density at radius 2 is 1.83 bits per heavy atom. The van der Waals surface area contributed by atoms with Crippen LogP contribution in [-0.2, 0) is 16.8 Å². The van der Waals surface area contributed by atoms with Crippen molar-refractivity contribution in [3.05, 3.63) is 83.6 Å². The highest BCUT2D eigenvalue weighted by molar-refractivity contribution is 5.62. The molecular weight excluding hydrogens is 440 g/mol. The number of rotatable bonds is 3. The Hall–Kier alpha value is -3.58. The van der Waals surface area contributed by atoms with Gasteiger partial charge in [-0.1, -0.05) is 42.5 Å². The molecule has 1 atom stereocenters. The molecule has 3 aromatic rings. The van der Waals surface area contributed by atoms with Gasteiger partial charge in [0, 0.05) is 37.4 Å². The molecule has 1 amide bonds. The van der Waals surface area contributed by atoms with E-state index in [1.807, 2.05) is 12.1 Å². The Balaban J connectivity index is 0.000000806. The Morgan fingerprint density at radius 1 is 1.09 bits per heavy atom. The minimum absolute atomic E-state index is 0.110. The van der Waals surface area contributed by atoms with Gasteiger partial charge in [-0.3, -0.25) is 9.69 Å². The summed E-state index contributed by atoms with van der Waals surface area (Å²) in [4.78, 5) is 17.9. The number of nitrogens with two attached hydrogens (primary N) is 1. The number of amides is 1. The van der Waals surface area contributed by atoms with E-state index >= 15 is 0 Å². The van der Waals surface area contributed by atoms with Crippen molar-refractivity contribution in [2.75, 3.05) is 38.2 Å². The van der Waals surface area contributed by atoms with Gasteiger partial charge in [-0.25, -0.2) is 4.98 Å². The number of pyridine rings is 1. The van der Waals surface area contributed by atoms with E-state index in [0.29, 0.717) is 17.9 Å². The first-order valence-corrected chi connectivity index (χ1v) is 12.1. The second-order valence-corrected chi connectivity index (χ2v) is 9.53. The van der Waals surface area contributed by atoms with Gasteiger partial charge in [0.25, 0.3) is 5.88 Å². The van der Waals surface area contributed by atoms with Crippen LogP contribution in [0, 0.1) is 0 Å². The highest BCUT2D eigenvalue weighted by atomic mass is 16.6. The third-order valence-corrected chi connectivity index (χ3v) is 7.38. The fraction of sp³-hybridized carbons (Fsp3) is 0.357. The molecule has 1 aromatic heterocycles. The minimum Gasteiger partial charge on any atom is -0.484 e. The lowest BCUT2D eigenvalue weighted by Crippen LogP contribution is -2.44. The molecule has 0 bridgehead atoms.